The Kier molecular flexibility index (Phi) is 4.94. The van der Waals surface area contributed by atoms with E-state index in [1.165, 1.54) is 0 Å². The van der Waals surface area contributed by atoms with Crippen molar-refractivity contribution in [3.8, 4) is 11.5 Å². The summed E-state index contributed by atoms with van der Waals surface area (Å²) in [6.45, 7) is 0.495. The number of benzene rings is 1. The van der Waals surface area contributed by atoms with E-state index in [0.717, 1.165) is 11.3 Å². The van der Waals surface area contributed by atoms with Crippen molar-refractivity contribution in [1.29, 1.82) is 0 Å². The number of ether oxygens (including phenoxy) is 2. The van der Waals surface area contributed by atoms with Gasteiger partial charge in [-0.15, -0.1) is 0 Å². The largest absolute Gasteiger partial charge is 0.489 e. The van der Waals surface area contributed by atoms with Gasteiger partial charge in [-0.25, -0.2) is 0 Å². The summed E-state index contributed by atoms with van der Waals surface area (Å²) < 4.78 is 10.9. The Bertz CT molecular complexity index is 541. The van der Waals surface area contributed by atoms with Gasteiger partial charge in [0.15, 0.2) is 6.61 Å². The van der Waals surface area contributed by atoms with E-state index in [1.807, 2.05) is 12.1 Å². The van der Waals surface area contributed by atoms with Gasteiger partial charge in [0, 0.05) is 19.4 Å². The van der Waals surface area contributed by atoms with Crippen molar-refractivity contribution in [3.63, 3.8) is 0 Å². The van der Waals surface area contributed by atoms with Gasteiger partial charge in [-0.05, 0) is 42.0 Å². The zero-order valence-corrected chi connectivity index (χ0v) is 11.2. The third-order valence-electron chi connectivity index (χ3n) is 2.63. The fraction of sp³-hybridized carbons (Fsp3) is 0.200. The van der Waals surface area contributed by atoms with Crippen LogP contribution < -0.4 is 14.8 Å². The quantitative estimate of drug-likeness (QED) is 0.871. The molecular weight excluding hydrogens is 256 g/mol. The molecule has 1 heterocycles. The molecule has 0 aliphatic heterocycles. The topological polar surface area (TPSA) is 60.5 Å². The van der Waals surface area contributed by atoms with Crippen molar-refractivity contribution in [1.82, 2.24) is 10.3 Å². The molecule has 0 atom stereocenters. The molecule has 0 spiro atoms. The normalized spacial score (nSPS) is 9.85. The van der Waals surface area contributed by atoms with E-state index in [2.05, 4.69) is 10.3 Å². The minimum Gasteiger partial charge on any atom is -0.489 e. The molecule has 0 bridgehead atoms. The maximum atomic E-state index is 11.0. The first-order chi connectivity index (χ1) is 9.78. The molecule has 104 valence electrons. The van der Waals surface area contributed by atoms with E-state index < -0.39 is 0 Å². The molecule has 0 unspecified atom stereocenters. The minimum absolute atomic E-state index is 0.00766. The molecule has 20 heavy (non-hydrogen) atoms. The maximum absolute atomic E-state index is 11.0. The molecule has 2 rings (SSSR count). The fourth-order valence-corrected chi connectivity index (χ4v) is 1.50. The summed E-state index contributed by atoms with van der Waals surface area (Å²) in [7, 11) is 1.57. The number of amides is 1. The summed E-state index contributed by atoms with van der Waals surface area (Å²) in [5.41, 5.74) is 1.06. The van der Waals surface area contributed by atoms with E-state index in [0.29, 0.717) is 12.4 Å². The summed E-state index contributed by atoms with van der Waals surface area (Å²) >= 11 is 0. The maximum Gasteiger partial charge on any atom is 0.257 e. The number of nitrogens with one attached hydrogen (secondary N) is 1. The van der Waals surface area contributed by atoms with Crippen molar-refractivity contribution in [2.24, 2.45) is 0 Å². The van der Waals surface area contributed by atoms with Crippen LogP contribution in [0, 0.1) is 0 Å². The van der Waals surface area contributed by atoms with Gasteiger partial charge in [0.1, 0.15) is 18.1 Å². The lowest BCUT2D eigenvalue weighted by Gasteiger charge is -2.08. The highest BCUT2D eigenvalue weighted by atomic mass is 16.5. The number of rotatable bonds is 6. The van der Waals surface area contributed by atoms with Crippen molar-refractivity contribution >= 4 is 5.91 Å². The van der Waals surface area contributed by atoms with Gasteiger partial charge in [-0.2, -0.15) is 0 Å². The molecule has 1 N–H and O–H groups in total. The van der Waals surface area contributed by atoms with Gasteiger partial charge in [-0.1, -0.05) is 0 Å². The highest BCUT2D eigenvalue weighted by molar-refractivity contribution is 5.77. The van der Waals surface area contributed by atoms with Crippen LogP contribution in [-0.4, -0.2) is 24.5 Å². The third kappa shape index (κ3) is 4.28. The molecule has 0 saturated heterocycles. The lowest BCUT2D eigenvalue weighted by Crippen LogP contribution is -2.24. The predicted molar refractivity (Wildman–Crippen MR) is 74.6 cm³/mol. The van der Waals surface area contributed by atoms with E-state index in [1.54, 1.807) is 43.7 Å². The monoisotopic (exact) mass is 272 g/mol. The van der Waals surface area contributed by atoms with Gasteiger partial charge in [0.2, 0.25) is 0 Å². The molecule has 0 fully saturated rings. The Morgan fingerprint density at radius 2 is 1.65 bits per heavy atom. The summed E-state index contributed by atoms with van der Waals surface area (Å²) in [6, 6.07) is 11.0. The Morgan fingerprint density at radius 1 is 1.05 bits per heavy atom. The Balaban J connectivity index is 1.84. The van der Waals surface area contributed by atoms with Gasteiger partial charge in [0.05, 0.1) is 0 Å². The number of nitrogens with zero attached hydrogens (tertiary/aromatic N) is 1. The zero-order valence-electron chi connectivity index (χ0n) is 11.2. The second-order valence-corrected chi connectivity index (χ2v) is 4.08. The van der Waals surface area contributed by atoms with Crippen molar-refractivity contribution in [2.45, 2.75) is 6.61 Å². The van der Waals surface area contributed by atoms with Crippen molar-refractivity contribution < 1.29 is 14.3 Å². The average molecular weight is 272 g/mol. The highest BCUT2D eigenvalue weighted by Gasteiger charge is 2.01. The van der Waals surface area contributed by atoms with E-state index in [-0.39, 0.29) is 12.5 Å². The number of likely N-dealkylation sites (N-methyl/N-ethyl adjacent to an activating group) is 1. The van der Waals surface area contributed by atoms with Crippen LogP contribution in [0.4, 0.5) is 0 Å². The number of carbonyl (C=O) groups is 1. The van der Waals surface area contributed by atoms with Crippen molar-refractivity contribution in [3.05, 3.63) is 54.4 Å². The molecule has 5 nitrogen and oxygen atoms in total. The van der Waals surface area contributed by atoms with Crippen LogP contribution in [-0.2, 0) is 11.4 Å². The number of hydrogen-bond acceptors (Lipinski definition) is 4. The number of pyridine rings is 1. The molecule has 0 saturated carbocycles. The second kappa shape index (κ2) is 7.13. The minimum atomic E-state index is -0.164. The number of hydrogen-bond donors (Lipinski definition) is 1. The van der Waals surface area contributed by atoms with Crippen LogP contribution in [0.1, 0.15) is 5.56 Å². The SMILES string of the molecule is CNC(=O)COc1ccc(OCc2ccncc2)cc1. The van der Waals surface area contributed by atoms with E-state index in [4.69, 9.17) is 9.47 Å². The molecule has 2 aromatic rings. The lowest BCUT2D eigenvalue weighted by molar-refractivity contribution is -0.122. The zero-order chi connectivity index (χ0) is 14.2. The van der Waals surface area contributed by atoms with Crippen LogP contribution >= 0.6 is 0 Å². The molecule has 0 radical (unpaired) electrons. The molecule has 1 aromatic carbocycles. The highest BCUT2D eigenvalue weighted by Crippen LogP contribution is 2.18. The van der Waals surface area contributed by atoms with Gasteiger partial charge in [0.25, 0.3) is 5.91 Å². The number of carbonyl (C=O) groups excluding carboxylic acids is 1. The van der Waals surface area contributed by atoms with E-state index >= 15 is 0 Å². The number of aromatic nitrogens is 1. The van der Waals surface area contributed by atoms with Crippen LogP contribution in [0.25, 0.3) is 0 Å². The predicted octanol–water partition coefficient (Wildman–Crippen LogP) is 1.79. The second-order valence-electron chi connectivity index (χ2n) is 4.08. The molecule has 5 heteroatoms. The lowest BCUT2D eigenvalue weighted by atomic mass is 10.3. The molecular formula is C15H16N2O3. The summed E-state index contributed by atoms with van der Waals surface area (Å²) in [4.78, 5) is 15.0. The molecule has 1 amide bonds. The fourth-order valence-electron chi connectivity index (χ4n) is 1.50. The van der Waals surface area contributed by atoms with E-state index in [9.17, 15) is 4.79 Å². The van der Waals surface area contributed by atoms with Crippen LogP contribution in [0.2, 0.25) is 0 Å². The van der Waals surface area contributed by atoms with Gasteiger partial charge in [-0.3, -0.25) is 9.78 Å². The Hall–Kier alpha value is -2.56. The first-order valence-corrected chi connectivity index (χ1v) is 6.23. The Labute approximate surface area is 117 Å². The van der Waals surface area contributed by atoms with Gasteiger partial charge < -0.3 is 14.8 Å². The first kappa shape index (κ1) is 13.9. The Morgan fingerprint density at radius 3 is 2.25 bits per heavy atom. The average Bonchev–Trinajstić information content (AvgIpc) is 2.52. The molecule has 0 aliphatic rings. The summed E-state index contributed by atoms with van der Waals surface area (Å²) in [5.74, 6) is 1.21. The summed E-state index contributed by atoms with van der Waals surface area (Å²) in [6.07, 6.45) is 3.46. The molecule has 0 aliphatic carbocycles. The first-order valence-electron chi connectivity index (χ1n) is 6.23. The standard InChI is InChI=1S/C15H16N2O3/c1-16-15(18)11-20-14-4-2-13(3-5-14)19-10-12-6-8-17-9-7-12/h2-9H,10-11H2,1H3,(H,16,18). The van der Waals surface area contributed by atoms with Crippen LogP contribution in [0.15, 0.2) is 48.8 Å². The van der Waals surface area contributed by atoms with Crippen molar-refractivity contribution in [2.75, 3.05) is 13.7 Å². The molecule has 1 aromatic heterocycles. The smallest absolute Gasteiger partial charge is 0.257 e. The third-order valence-corrected chi connectivity index (χ3v) is 2.63. The van der Waals surface area contributed by atoms with Crippen LogP contribution in [0.5, 0.6) is 11.5 Å². The summed E-state index contributed by atoms with van der Waals surface area (Å²) in [5, 5.41) is 2.49. The van der Waals surface area contributed by atoms with Crippen LogP contribution in [0.3, 0.4) is 0 Å². The van der Waals surface area contributed by atoms with Gasteiger partial charge >= 0.3 is 0 Å².